The van der Waals surface area contributed by atoms with Crippen molar-refractivity contribution in [1.82, 2.24) is 5.32 Å². The van der Waals surface area contributed by atoms with Crippen molar-refractivity contribution in [3.8, 4) is 0 Å². The minimum atomic E-state index is -4.01. The molecule has 5 nitrogen and oxygen atoms in total. The van der Waals surface area contributed by atoms with Gasteiger partial charge in [0.25, 0.3) is 5.91 Å². The van der Waals surface area contributed by atoms with Gasteiger partial charge in [-0.3, -0.25) is 4.79 Å². The molecule has 3 N–H and O–H groups in total. The molecule has 21 heavy (non-hydrogen) atoms. The fourth-order valence-corrected chi connectivity index (χ4v) is 3.93. The second-order valence-electron chi connectivity index (χ2n) is 5.40. The van der Waals surface area contributed by atoms with Crippen LogP contribution in [0.2, 0.25) is 10.0 Å². The Bertz CT molecular complexity index is 676. The van der Waals surface area contributed by atoms with Crippen LogP contribution in [0.15, 0.2) is 17.0 Å². The molecule has 0 radical (unpaired) electrons. The Balaban J connectivity index is 2.29. The Labute approximate surface area is 133 Å². The van der Waals surface area contributed by atoms with Gasteiger partial charge in [0.05, 0.1) is 15.6 Å². The van der Waals surface area contributed by atoms with Gasteiger partial charge in [0, 0.05) is 6.04 Å². The second-order valence-corrected chi connectivity index (χ2v) is 7.74. The number of nitrogens with two attached hydrogens (primary N) is 1. The highest BCUT2D eigenvalue weighted by molar-refractivity contribution is 7.89. The first kappa shape index (κ1) is 16.5. The maximum atomic E-state index is 12.2. The minimum absolute atomic E-state index is 0.0599. The molecular weight excluding hydrogens is 335 g/mol. The fraction of sp³-hybridized carbons (Fsp3) is 0.462. The van der Waals surface area contributed by atoms with Gasteiger partial charge in [-0.05, 0) is 37.3 Å². The largest absolute Gasteiger partial charge is 0.349 e. The van der Waals surface area contributed by atoms with Crippen LogP contribution in [0.5, 0.6) is 0 Å². The molecule has 0 heterocycles. The number of hydrogen-bond donors (Lipinski definition) is 2. The van der Waals surface area contributed by atoms with Gasteiger partial charge in [-0.1, -0.05) is 30.1 Å². The van der Waals surface area contributed by atoms with Gasteiger partial charge in [0.1, 0.15) is 4.90 Å². The molecule has 8 heteroatoms. The summed E-state index contributed by atoms with van der Waals surface area (Å²) in [4.78, 5) is 11.9. The maximum absolute atomic E-state index is 12.2. The molecule has 1 aliphatic carbocycles. The van der Waals surface area contributed by atoms with E-state index in [0.29, 0.717) is 5.92 Å². The zero-order valence-electron chi connectivity index (χ0n) is 11.4. The third-order valence-corrected chi connectivity index (χ3v) is 5.29. The zero-order valence-corrected chi connectivity index (χ0v) is 13.7. The summed E-state index contributed by atoms with van der Waals surface area (Å²) in [6, 6.07) is 2.42. The van der Waals surface area contributed by atoms with Crippen LogP contribution in [0.1, 0.15) is 36.5 Å². The number of primary sulfonamides is 1. The number of rotatable bonds is 3. The van der Waals surface area contributed by atoms with Gasteiger partial charge in [-0.2, -0.15) is 0 Å². The van der Waals surface area contributed by atoms with Gasteiger partial charge < -0.3 is 5.32 Å². The lowest BCUT2D eigenvalue weighted by atomic mass is 10.1. The first-order valence-electron chi connectivity index (χ1n) is 6.51. The molecule has 0 saturated heterocycles. The minimum Gasteiger partial charge on any atom is -0.349 e. The third-order valence-electron chi connectivity index (χ3n) is 3.60. The average Bonchev–Trinajstić information content (AvgIpc) is 2.72. The molecule has 1 fully saturated rings. The van der Waals surface area contributed by atoms with Crippen LogP contribution in [-0.4, -0.2) is 20.4 Å². The molecule has 2 unspecified atom stereocenters. The lowest BCUT2D eigenvalue weighted by molar-refractivity contribution is 0.0937. The maximum Gasteiger partial charge on any atom is 0.253 e. The summed E-state index contributed by atoms with van der Waals surface area (Å²) in [5.74, 6) is 0.150. The average molecular weight is 351 g/mol. The molecule has 2 rings (SSSR count). The van der Waals surface area contributed by atoms with E-state index < -0.39 is 15.9 Å². The molecular formula is C13H16Cl2N2O3S. The van der Waals surface area contributed by atoms with E-state index in [1.54, 1.807) is 0 Å². The zero-order chi connectivity index (χ0) is 15.8. The van der Waals surface area contributed by atoms with E-state index in [1.165, 1.54) is 6.07 Å². The monoisotopic (exact) mass is 350 g/mol. The smallest absolute Gasteiger partial charge is 0.253 e. The van der Waals surface area contributed by atoms with E-state index >= 15 is 0 Å². The Hall–Kier alpha value is -0.820. The van der Waals surface area contributed by atoms with Gasteiger partial charge in [-0.15, -0.1) is 0 Å². The van der Waals surface area contributed by atoms with E-state index in [2.05, 4.69) is 12.2 Å². The number of nitrogens with one attached hydrogen (secondary N) is 1. The van der Waals surface area contributed by atoms with Gasteiger partial charge in [0.2, 0.25) is 10.0 Å². The number of hydrogen-bond acceptors (Lipinski definition) is 3. The van der Waals surface area contributed by atoms with Gasteiger partial charge >= 0.3 is 0 Å². The van der Waals surface area contributed by atoms with Crippen molar-refractivity contribution in [3.05, 3.63) is 27.7 Å². The molecule has 116 valence electrons. The van der Waals surface area contributed by atoms with E-state index in [4.69, 9.17) is 28.3 Å². The predicted octanol–water partition coefficient (Wildman–Crippen LogP) is 2.56. The van der Waals surface area contributed by atoms with Crippen molar-refractivity contribution in [2.45, 2.75) is 37.1 Å². The molecule has 1 aliphatic rings. The molecule has 1 saturated carbocycles. The second kappa shape index (κ2) is 6.12. The summed E-state index contributed by atoms with van der Waals surface area (Å²) in [5, 5.41) is 7.92. The fourth-order valence-electron chi connectivity index (χ4n) is 2.52. The normalized spacial score (nSPS) is 22.3. The molecule has 0 spiro atoms. The Kier molecular flexibility index (Phi) is 4.82. The molecule has 0 bridgehead atoms. The molecule has 1 aromatic rings. The summed E-state index contributed by atoms with van der Waals surface area (Å²) < 4.78 is 22.9. The first-order valence-corrected chi connectivity index (χ1v) is 8.81. The Morgan fingerprint density at radius 2 is 1.95 bits per heavy atom. The molecule has 2 atom stereocenters. The molecule has 0 aliphatic heterocycles. The van der Waals surface area contributed by atoms with Crippen LogP contribution in [0.3, 0.4) is 0 Å². The van der Waals surface area contributed by atoms with Crippen molar-refractivity contribution in [3.63, 3.8) is 0 Å². The molecule has 0 aromatic heterocycles. The van der Waals surface area contributed by atoms with E-state index in [1.807, 2.05) is 0 Å². The van der Waals surface area contributed by atoms with Crippen molar-refractivity contribution in [2.75, 3.05) is 0 Å². The molecule has 1 amide bonds. The van der Waals surface area contributed by atoms with Crippen LogP contribution in [-0.2, 0) is 10.0 Å². The topological polar surface area (TPSA) is 89.3 Å². The SMILES string of the molecule is CC1CCC(NC(=O)c2cc(S(N)(=O)=O)c(Cl)cc2Cl)C1. The standard InChI is InChI=1S/C13H16Cl2N2O3S/c1-7-2-3-8(4-7)17-13(18)9-5-12(21(16,19)20)11(15)6-10(9)14/h5-8H,2-4H2,1H3,(H,17,18)(H2,16,19,20). The Morgan fingerprint density at radius 1 is 1.29 bits per heavy atom. The van der Waals surface area contributed by atoms with Crippen molar-refractivity contribution < 1.29 is 13.2 Å². The summed E-state index contributed by atoms with van der Waals surface area (Å²) in [7, 11) is -4.01. The number of carbonyl (C=O) groups excluding carboxylic acids is 1. The number of carbonyl (C=O) groups is 1. The van der Waals surface area contributed by atoms with E-state index in [9.17, 15) is 13.2 Å². The predicted molar refractivity (Wildman–Crippen MR) is 82.1 cm³/mol. The van der Waals surface area contributed by atoms with Gasteiger partial charge in [0.15, 0.2) is 0 Å². The number of halogens is 2. The highest BCUT2D eigenvalue weighted by Crippen LogP contribution is 2.29. The quantitative estimate of drug-likeness (QED) is 0.877. The van der Waals surface area contributed by atoms with Crippen LogP contribution < -0.4 is 10.5 Å². The van der Waals surface area contributed by atoms with Crippen molar-refractivity contribution in [1.29, 1.82) is 0 Å². The molecule has 1 aromatic carbocycles. The lowest BCUT2D eigenvalue weighted by Crippen LogP contribution is -2.33. The highest BCUT2D eigenvalue weighted by Gasteiger charge is 2.25. The summed E-state index contributed by atoms with van der Waals surface area (Å²) in [6.45, 7) is 2.13. The number of sulfonamides is 1. The highest BCUT2D eigenvalue weighted by atomic mass is 35.5. The first-order chi connectivity index (χ1) is 9.68. The third kappa shape index (κ3) is 3.88. The summed E-state index contributed by atoms with van der Waals surface area (Å²) >= 11 is 11.8. The Morgan fingerprint density at radius 3 is 2.48 bits per heavy atom. The van der Waals surface area contributed by atoms with Crippen molar-refractivity contribution in [2.24, 2.45) is 11.1 Å². The van der Waals surface area contributed by atoms with E-state index in [-0.39, 0.29) is 26.5 Å². The van der Waals surface area contributed by atoms with Crippen LogP contribution >= 0.6 is 23.2 Å². The van der Waals surface area contributed by atoms with Crippen molar-refractivity contribution >= 4 is 39.1 Å². The van der Waals surface area contributed by atoms with E-state index in [0.717, 1.165) is 25.3 Å². The van der Waals surface area contributed by atoms with Crippen LogP contribution in [0.4, 0.5) is 0 Å². The van der Waals surface area contributed by atoms with Crippen LogP contribution in [0, 0.1) is 5.92 Å². The van der Waals surface area contributed by atoms with Gasteiger partial charge in [-0.25, -0.2) is 13.6 Å². The van der Waals surface area contributed by atoms with Crippen LogP contribution in [0.25, 0.3) is 0 Å². The summed E-state index contributed by atoms with van der Waals surface area (Å²) in [5.41, 5.74) is 0.0599. The summed E-state index contributed by atoms with van der Waals surface area (Å²) in [6.07, 6.45) is 2.86. The number of benzene rings is 1. The lowest BCUT2D eigenvalue weighted by Gasteiger charge is -2.14. The number of amides is 1.